The molecule has 6 nitrogen and oxygen atoms in total. The first-order valence-electron chi connectivity index (χ1n) is 21.1. The molecule has 57 heavy (non-hydrogen) atoms. The maximum absolute atomic E-state index is 12.3. The number of ether oxygens (including phenoxy) is 2. The standard InChI is InChI=1S/C23H40ClNO2SSi.C23H41NO2SSi/c1-16(2)29(17(3)4,18(5)6)28-21-12-11-20(24)15-19(21)13-14-25(10)22(26)27-23(7,8)9;1-17(2)28(18(3)4,19(5)6)27-21-14-12-11-13-20(21)15-16-24(10)22(25)26-23(7,8)9/h11-12,15-18H,13-14H2,1-10H3;11-14,17-19H,15-16H2,1-10H3. The average molecular weight is 882 g/mol. The van der Waals surface area contributed by atoms with Gasteiger partial charge >= 0.3 is 12.2 Å². The average Bonchev–Trinajstić information content (AvgIpc) is 3.06. The second-order valence-corrected chi connectivity index (χ2v) is 37.0. The van der Waals surface area contributed by atoms with Crippen LogP contribution >= 0.6 is 34.0 Å². The fourth-order valence-corrected chi connectivity index (χ4v) is 27.1. The lowest BCUT2D eigenvalue weighted by atomic mass is 10.1. The van der Waals surface area contributed by atoms with Crippen LogP contribution < -0.4 is 0 Å². The second kappa shape index (κ2) is 22.8. The lowest BCUT2D eigenvalue weighted by Gasteiger charge is -2.42. The van der Waals surface area contributed by atoms with Crippen LogP contribution in [0.15, 0.2) is 52.3 Å². The molecule has 2 amide bonds. The first kappa shape index (κ1) is 53.4. The number of benzene rings is 2. The maximum atomic E-state index is 12.3. The topological polar surface area (TPSA) is 59.1 Å². The molecule has 0 unspecified atom stereocenters. The van der Waals surface area contributed by atoms with E-state index in [4.69, 9.17) is 21.1 Å². The highest BCUT2D eigenvalue weighted by Gasteiger charge is 2.45. The Morgan fingerprint density at radius 2 is 0.912 bits per heavy atom. The van der Waals surface area contributed by atoms with Gasteiger partial charge in [-0.1, -0.05) is 113 Å². The predicted molar refractivity (Wildman–Crippen MR) is 257 cm³/mol. The number of rotatable bonds is 16. The molecule has 0 spiro atoms. The van der Waals surface area contributed by atoms with Crippen LogP contribution in [0.2, 0.25) is 38.3 Å². The molecule has 0 bridgehead atoms. The Balaban J connectivity index is 0.000000570. The van der Waals surface area contributed by atoms with Gasteiger partial charge in [0, 0.05) is 42.0 Å². The Labute approximate surface area is 365 Å². The predicted octanol–water partition coefficient (Wildman–Crippen LogP) is 15.4. The van der Waals surface area contributed by atoms with Gasteiger partial charge in [-0.3, -0.25) is 0 Å². The van der Waals surface area contributed by atoms with E-state index in [1.165, 1.54) is 20.9 Å². The van der Waals surface area contributed by atoms with Crippen LogP contribution in [0.4, 0.5) is 9.59 Å². The fourth-order valence-electron chi connectivity index (χ4n) is 8.18. The number of carbonyl (C=O) groups excluding carboxylic acids is 2. The van der Waals surface area contributed by atoms with E-state index >= 15 is 0 Å². The molecule has 0 saturated carbocycles. The number of likely N-dealkylation sites (N-methyl/N-ethyl adjacent to an activating group) is 2. The number of amides is 2. The number of halogens is 1. The quantitative estimate of drug-likeness (QED) is 0.157. The minimum Gasteiger partial charge on any atom is -0.444 e. The van der Waals surface area contributed by atoms with Crippen LogP contribution in [0, 0.1) is 0 Å². The highest BCUT2D eigenvalue weighted by atomic mass is 35.5. The molecule has 0 N–H and O–H groups in total. The second-order valence-electron chi connectivity index (χ2n) is 19.5. The van der Waals surface area contributed by atoms with Gasteiger partial charge in [-0.2, -0.15) is 0 Å². The van der Waals surface area contributed by atoms with E-state index in [0.717, 1.165) is 17.9 Å². The van der Waals surface area contributed by atoms with Crippen molar-refractivity contribution >= 4 is 60.7 Å². The minimum absolute atomic E-state index is 0.257. The van der Waals surface area contributed by atoms with Crippen LogP contribution in [0.25, 0.3) is 0 Å². The molecule has 0 aromatic heterocycles. The number of nitrogens with zero attached hydrogens (tertiary/aromatic N) is 2. The minimum atomic E-state index is -1.66. The van der Waals surface area contributed by atoms with E-state index in [0.29, 0.717) is 46.3 Å². The van der Waals surface area contributed by atoms with Crippen molar-refractivity contribution in [2.24, 2.45) is 0 Å². The van der Waals surface area contributed by atoms with Crippen molar-refractivity contribution in [3.8, 4) is 0 Å². The fraction of sp³-hybridized carbons (Fsp3) is 0.696. The molecule has 0 aliphatic rings. The van der Waals surface area contributed by atoms with E-state index in [2.05, 4.69) is 142 Å². The van der Waals surface area contributed by atoms with Crippen molar-refractivity contribution in [1.82, 2.24) is 9.80 Å². The van der Waals surface area contributed by atoms with Gasteiger partial charge in [-0.15, -0.1) is 22.4 Å². The summed E-state index contributed by atoms with van der Waals surface area (Å²) in [6.45, 7) is 41.3. The Hall–Kier alpha value is -1.60. The molecule has 2 rings (SSSR count). The third-order valence-electron chi connectivity index (χ3n) is 10.8. The van der Waals surface area contributed by atoms with Crippen molar-refractivity contribution < 1.29 is 19.1 Å². The molecule has 11 heteroatoms. The summed E-state index contributed by atoms with van der Waals surface area (Å²) in [6.07, 6.45) is 1.06. The highest BCUT2D eigenvalue weighted by Crippen LogP contribution is 2.54. The molecule has 0 atom stereocenters. The monoisotopic (exact) mass is 880 g/mol. The van der Waals surface area contributed by atoms with Crippen LogP contribution in [-0.4, -0.2) is 74.8 Å². The molecule has 0 fully saturated rings. The van der Waals surface area contributed by atoms with E-state index in [1.807, 2.05) is 54.7 Å². The summed E-state index contributed by atoms with van der Waals surface area (Å²) in [4.78, 5) is 30.6. The normalized spacial score (nSPS) is 12.8. The van der Waals surface area contributed by atoms with Crippen LogP contribution in [0.3, 0.4) is 0 Å². The van der Waals surface area contributed by atoms with E-state index in [9.17, 15) is 9.59 Å². The van der Waals surface area contributed by atoms with Gasteiger partial charge in [0.15, 0.2) is 0 Å². The summed E-state index contributed by atoms with van der Waals surface area (Å²) in [5, 5.41) is 0.746. The summed E-state index contributed by atoms with van der Waals surface area (Å²) in [6, 6.07) is 15.0. The molecule has 0 saturated heterocycles. The highest BCUT2D eigenvalue weighted by molar-refractivity contribution is 8.29. The summed E-state index contributed by atoms with van der Waals surface area (Å²) >= 11 is 10.6. The summed E-state index contributed by atoms with van der Waals surface area (Å²) < 4.78 is 11.0. The van der Waals surface area contributed by atoms with Crippen LogP contribution in [-0.2, 0) is 22.3 Å². The van der Waals surface area contributed by atoms with E-state index in [-0.39, 0.29) is 12.2 Å². The van der Waals surface area contributed by atoms with Crippen LogP contribution in [0.1, 0.15) is 136 Å². The van der Waals surface area contributed by atoms with Crippen molar-refractivity contribution in [2.45, 2.75) is 192 Å². The zero-order chi connectivity index (χ0) is 44.3. The Morgan fingerprint density at radius 3 is 1.26 bits per heavy atom. The first-order valence-corrected chi connectivity index (χ1v) is 29.1. The third kappa shape index (κ3) is 16.1. The number of hydrogen-bond acceptors (Lipinski definition) is 6. The molecule has 2 aromatic rings. The Morgan fingerprint density at radius 1 is 0.579 bits per heavy atom. The molecular formula is C46H81ClN2O4S2Si2. The van der Waals surface area contributed by atoms with E-state index < -0.39 is 25.6 Å². The van der Waals surface area contributed by atoms with Gasteiger partial charge < -0.3 is 19.3 Å². The van der Waals surface area contributed by atoms with Gasteiger partial charge in [0.05, 0.1) is 0 Å². The third-order valence-corrected chi connectivity index (χ3v) is 35.8. The van der Waals surface area contributed by atoms with Gasteiger partial charge in [0.25, 0.3) is 0 Å². The number of hydrogen-bond donors (Lipinski definition) is 0. The van der Waals surface area contributed by atoms with E-state index in [1.54, 1.807) is 16.8 Å². The molecule has 0 radical (unpaired) electrons. The molecule has 0 heterocycles. The molecule has 2 aromatic carbocycles. The smallest absolute Gasteiger partial charge is 0.410 e. The summed E-state index contributed by atoms with van der Waals surface area (Å²) in [7, 11) is 0.354. The SMILES string of the molecule is CC(C)[Si](Sc1ccc(Cl)cc1CCN(C)C(=O)OC(C)(C)C)(C(C)C)C(C)C.CC(C)[Si](Sc1ccccc1CCN(C)C(=O)OC(C)(C)C)(C(C)C)C(C)C. The largest absolute Gasteiger partial charge is 0.444 e. The molecule has 326 valence electrons. The first-order chi connectivity index (χ1) is 26.0. The lowest BCUT2D eigenvalue weighted by Crippen LogP contribution is -2.41. The zero-order valence-corrected chi connectivity index (χ0v) is 43.9. The van der Waals surface area contributed by atoms with Crippen molar-refractivity contribution in [3.63, 3.8) is 0 Å². The zero-order valence-electron chi connectivity index (χ0n) is 39.6. The van der Waals surface area contributed by atoms with Crippen molar-refractivity contribution in [1.29, 1.82) is 0 Å². The summed E-state index contributed by atoms with van der Waals surface area (Å²) in [5.74, 6) is 0. The van der Waals surface area contributed by atoms with Crippen molar-refractivity contribution in [3.05, 3.63) is 58.6 Å². The summed E-state index contributed by atoms with van der Waals surface area (Å²) in [5.41, 5.74) is 5.72. The Kier molecular flexibility index (Phi) is 21.4. The maximum Gasteiger partial charge on any atom is 0.410 e. The van der Waals surface area contributed by atoms with Gasteiger partial charge in [0.1, 0.15) is 25.6 Å². The van der Waals surface area contributed by atoms with Crippen LogP contribution in [0.5, 0.6) is 0 Å². The molecular weight excluding hydrogens is 800 g/mol. The number of carbonyl (C=O) groups is 2. The molecule has 0 aliphatic heterocycles. The van der Waals surface area contributed by atoms with Crippen molar-refractivity contribution in [2.75, 3.05) is 27.2 Å². The molecule has 0 aliphatic carbocycles. The van der Waals surface area contributed by atoms with Gasteiger partial charge in [0.2, 0.25) is 0 Å². The lowest BCUT2D eigenvalue weighted by molar-refractivity contribution is 0.0290. The van der Waals surface area contributed by atoms with Gasteiger partial charge in [-0.05, 0) is 123 Å². The Bertz CT molecular complexity index is 1510. The van der Waals surface area contributed by atoms with Gasteiger partial charge in [-0.25, -0.2) is 9.59 Å².